The van der Waals surface area contributed by atoms with Gasteiger partial charge in [0.05, 0.1) is 6.04 Å². The normalized spacial score (nSPS) is 17.6. The summed E-state index contributed by atoms with van der Waals surface area (Å²) in [6, 6.07) is 30.9. The van der Waals surface area contributed by atoms with Crippen molar-refractivity contribution >= 4 is 0 Å². The van der Waals surface area contributed by atoms with Crippen molar-refractivity contribution < 1.29 is 9.84 Å². The summed E-state index contributed by atoms with van der Waals surface area (Å²) in [7, 11) is 1.78. The van der Waals surface area contributed by atoms with E-state index in [4.69, 9.17) is 4.74 Å². The number of benzene rings is 3. The number of aliphatic hydroxyl groups excluding tert-OH is 1. The van der Waals surface area contributed by atoms with Gasteiger partial charge in [0.25, 0.3) is 0 Å². The molecule has 0 saturated carbocycles. The number of nitrogens with zero attached hydrogens (tertiary/aromatic N) is 3. The molecule has 5 nitrogen and oxygen atoms in total. The van der Waals surface area contributed by atoms with E-state index in [-0.39, 0.29) is 6.04 Å². The second-order valence-corrected chi connectivity index (χ2v) is 8.84. The standard InChI is InChI=1S/C29H31N3O2/c1-34-29(24-14-7-3-8-15-24,25-16-9-4-10-17-25)26-18-11-20-32(26)28(33)27-30-19-21-31(27)22-23-12-5-2-6-13-23/h2-10,12-17,19,21,26,28,33H,11,18,20,22H2,1H3/t26-,28?/m1/s1. The molecule has 1 aromatic heterocycles. The van der Waals surface area contributed by atoms with E-state index in [1.54, 1.807) is 13.3 Å². The van der Waals surface area contributed by atoms with Gasteiger partial charge in [0.2, 0.25) is 0 Å². The molecule has 2 atom stereocenters. The van der Waals surface area contributed by atoms with Crippen LogP contribution in [0.2, 0.25) is 0 Å². The molecule has 1 fully saturated rings. The van der Waals surface area contributed by atoms with Gasteiger partial charge in [-0.15, -0.1) is 0 Å². The first-order valence-electron chi connectivity index (χ1n) is 11.9. The molecule has 1 unspecified atom stereocenters. The van der Waals surface area contributed by atoms with E-state index < -0.39 is 11.8 Å². The Morgan fingerprint density at radius 2 is 1.53 bits per heavy atom. The van der Waals surface area contributed by atoms with Crippen LogP contribution < -0.4 is 0 Å². The van der Waals surface area contributed by atoms with Gasteiger partial charge in [0.15, 0.2) is 12.1 Å². The Bertz CT molecular complexity index is 1140. The monoisotopic (exact) mass is 453 g/mol. The quantitative estimate of drug-likeness (QED) is 0.409. The van der Waals surface area contributed by atoms with Gasteiger partial charge in [-0.25, -0.2) is 4.98 Å². The molecule has 0 spiro atoms. The first-order chi connectivity index (χ1) is 16.7. The van der Waals surface area contributed by atoms with Gasteiger partial charge in [0, 0.05) is 32.6 Å². The number of hydrogen-bond donors (Lipinski definition) is 1. The molecule has 1 aliphatic heterocycles. The number of aromatic nitrogens is 2. The molecule has 0 bridgehead atoms. The molecule has 5 rings (SSSR count). The van der Waals surface area contributed by atoms with Gasteiger partial charge >= 0.3 is 0 Å². The zero-order chi connectivity index (χ0) is 23.4. The van der Waals surface area contributed by atoms with E-state index in [0.717, 1.165) is 30.5 Å². The number of rotatable bonds is 8. The molecule has 5 heteroatoms. The molecule has 34 heavy (non-hydrogen) atoms. The van der Waals surface area contributed by atoms with Crippen LogP contribution in [0.4, 0.5) is 0 Å². The Labute approximate surface area is 201 Å². The lowest BCUT2D eigenvalue weighted by molar-refractivity contribution is -0.0980. The minimum Gasteiger partial charge on any atom is -0.371 e. The molecule has 1 aliphatic rings. The topological polar surface area (TPSA) is 50.5 Å². The van der Waals surface area contributed by atoms with Crippen LogP contribution in [0, 0.1) is 0 Å². The maximum absolute atomic E-state index is 11.7. The summed E-state index contributed by atoms with van der Waals surface area (Å²) in [4.78, 5) is 6.74. The number of imidazole rings is 1. The molecule has 0 radical (unpaired) electrons. The lowest BCUT2D eigenvalue weighted by Crippen LogP contribution is -2.51. The zero-order valence-corrected chi connectivity index (χ0v) is 19.5. The SMILES string of the molecule is COC(c1ccccc1)(c1ccccc1)[C@H]1CCCN1C(O)c1nccn1Cc1ccccc1. The third-order valence-corrected chi connectivity index (χ3v) is 6.98. The van der Waals surface area contributed by atoms with Gasteiger partial charge in [-0.2, -0.15) is 0 Å². The van der Waals surface area contributed by atoms with Gasteiger partial charge in [-0.1, -0.05) is 91.0 Å². The van der Waals surface area contributed by atoms with E-state index in [2.05, 4.69) is 46.3 Å². The van der Waals surface area contributed by atoms with Gasteiger partial charge < -0.3 is 14.4 Å². The van der Waals surface area contributed by atoms with Crippen molar-refractivity contribution in [3.8, 4) is 0 Å². The van der Waals surface area contributed by atoms with Gasteiger partial charge in [-0.05, 0) is 29.5 Å². The largest absolute Gasteiger partial charge is 0.371 e. The highest BCUT2D eigenvalue weighted by Gasteiger charge is 2.49. The van der Waals surface area contributed by atoms with Crippen molar-refractivity contribution in [2.45, 2.75) is 37.3 Å². The second-order valence-electron chi connectivity index (χ2n) is 8.84. The molecular weight excluding hydrogens is 422 g/mol. The Morgan fingerprint density at radius 3 is 2.12 bits per heavy atom. The van der Waals surface area contributed by atoms with Crippen molar-refractivity contribution in [1.82, 2.24) is 14.5 Å². The Kier molecular flexibility index (Phi) is 6.59. The van der Waals surface area contributed by atoms with Gasteiger partial charge in [-0.3, -0.25) is 4.90 Å². The minimum atomic E-state index is -0.840. The summed E-state index contributed by atoms with van der Waals surface area (Å²) in [5, 5.41) is 11.7. The lowest BCUT2D eigenvalue weighted by atomic mass is 9.78. The fourth-order valence-electron chi connectivity index (χ4n) is 5.43. The molecule has 0 aliphatic carbocycles. The van der Waals surface area contributed by atoms with Crippen molar-refractivity contribution in [2.75, 3.05) is 13.7 Å². The number of aliphatic hydroxyl groups is 1. The predicted octanol–water partition coefficient (Wildman–Crippen LogP) is 4.98. The first-order valence-corrected chi connectivity index (χ1v) is 11.9. The Balaban J connectivity index is 1.53. The highest BCUT2D eigenvalue weighted by Crippen LogP contribution is 2.45. The molecule has 3 aromatic carbocycles. The third-order valence-electron chi connectivity index (χ3n) is 6.98. The number of ether oxygens (including phenoxy) is 1. The molecule has 1 N–H and O–H groups in total. The summed E-state index contributed by atoms with van der Waals surface area (Å²) < 4.78 is 8.47. The summed E-state index contributed by atoms with van der Waals surface area (Å²) in [5.74, 6) is 0.655. The zero-order valence-electron chi connectivity index (χ0n) is 19.5. The van der Waals surface area contributed by atoms with E-state index in [0.29, 0.717) is 12.4 Å². The van der Waals surface area contributed by atoms with E-state index >= 15 is 0 Å². The number of methoxy groups -OCH3 is 1. The molecule has 2 heterocycles. The highest BCUT2D eigenvalue weighted by molar-refractivity contribution is 5.39. The smallest absolute Gasteiger partial charge is 0.166 e. The maximum atomic E-state index is 11.7. The molecule has 174 valence electrons. The molecule has 0 amide bonds. The van der Waals surface area contributed by atoms with Crippen LogP contribution in [-0.2, 0) is 16.9 Å². The predicted molar refractivity (Wildman–Crippen MR) is 133 cm³/mol. The number of hydrogen-bond acceptors (Lipinski definition) is 4. The Morgan fingerprint density at radius 1 is 0.941 bits per heavy atom. The van der Waals surface area contributed by atoms with Crippen LogP contribution in [0.3, 0.4) is 0 Å². The average Bonchev–Trinajstić information content (AvgIpc) is 3.57. The fraction of sp³-hybridized carbons (Fsp3) is 0.276. The van der Waals surface area contributed by atoms with E-state index in [1.807, 2.05) is 65.4 Å². The van der Waals surface area contributed by atoms with Gasteiger partial charge in [0.1, 0.15) is 5.60 Å². The summed E-state index contributed by atoms with van der Waals surface area (Å²) in [6.45, 7) is 1.44. The molecular formula is C29H31N3O2. The molecule has 1 saturated heterocycles. The first kappa shape index (κ1) is 22.5. The fourth-order valence-corrected chi connectivity index (χ4v) is 5.43. The summed E-state index contributed by atoms with van der Waals surface area (Å²) in [5.41, 5.74) is 2.63. The van der Waals surface area contributed by atoms with E-state index in [1.165, 1.54) is 5.56 Å². The minimum absolute atomic E-state index is 0.0563. The Hall–Kier alpha value is -3.25. The van der Waals surface area contributed by atoms with E-state index in [9.17, 15) is 5.11 Å². The van der Waals surface area contributed by atoms with Crippen LogP contribution in [0.5, 0.6) is 0 Å². The van der Waals surface area contributed by atoms with Crippen LogP contribution in [-0.4, -0.2) is 39.3 Å². The summed E-state index contributed by atoms with van der Waals surface area (Å²) in [6.07, 6.45) is 4.76. The van der Waals surface area contributed by atoms with Crippen molar-refractivity contribution in [1.29, 1.82) is 0 Å². The maximum Gasteiger partial charge on any atom is 0.166 e. The van der Waals surface area contributed by atoms with Crippen molar-refractivity contribution in [3.05, 3.63) is 126 Å². The van der Waals surface area contributed by atoms with Crippen LogP contribution >= 0.6 is 0 Å². The second kappa shape index (κ2) is 9.94. The summed E-state index contributed by atoms with van der Waals surface area (Å²) >= 11 is 0. The van der Waals surface area contributed by atoms with Crippen LogP contribution in [0.15, 0.2) is 103 Å². The van der Waals surface area contributed by atoms with Crippen molar-refractivity contribution in [3.63, 3.8) is 0 Å². The third kappa shape index (κ3) is 4.07. The van der Waals surface area contributed by atoms with Crippen LogP contribution in [0.25, 0.3) is 0 Å². The highest BCUT2D eigenvalue weighted by atomic mass is 16.5. The van der Waals surface area contributed by atoms with Crippen LogP contribution in [0.1, 0.15) is 41.6 Å². The molecule has 4 aromatic rings. The van der Waals surface area contributed by atoms with Crippen molar-refractivity contribution in [2.24, 2.45) is 0 Å². The lowest BCUT2D eigenvalue weighted by Gasteiger charge is -2.44. The number of likely N-dealkylation sites (tertiary alicyclic amines) is 1. The average molecular weight is 454 g/mol.